The summed E-state index contributed by atoms with van der Waals surface area (Å²) in [5.74, 6) is -2.69. The number of carbonyl (C=O) groups is 3. The third-order valence-corrected chi connectivity index (χ3v) is 5.81. The summed E-state index contributed by atoms with van der Waals surface area (Å²) in [4.78, 5) is 38.5. The summed E-state index contributed by atoms with van der Waals surface area (Å²) in [5, 5.41) is 18.5. The number of amides is 3. The molecule has 0 spiro atoms. The van der Waals surface area contributed by atoms with E-state index in [0.717, 1.165) is 12.3 Å². The third-order valence-electron chi connectivity index (χ3n) is 5.56. The number of aromatic carboxylic acids is 1. The first-order chi connectivity index (χ1) is 16.8. The maximum Gasteiger partial charge on any atom is 0.341 e. The van der Waals surface area contributed by atoms with Crippen LogP contribution in [0.25, 0.3) is 11.3 Å². The molecule has 10 nitrogen and oxygen atoms in total. The quantitative estimate of drug-likeness (QED) is 0.462. The minimum absolute atomic E-state index is 0.0435. The van der Waals surface area contributed by atoms with Gasteiger partial charge in [0.25, 0.3) is 0 Å². The zero-order valence-electron chi connectivity index (χ0n) is 18.3. The third kappa shape index (κ3) is 5.26. The normalized spacial score (nSPS) is 17.3. The van der Waals surface area contributed by atoms with Crippen molar-refractivity contribution in [2.24, 2.45) is 0 Å². The van der Waals surface area contributed by atoms with Crippen molar-refractivity contribution in [2.75, 3.05) is 24.3 Å². The number of likely N-dealkylation sites (tertiary alicyclic amines) is 1. The number of halogens is 2. The number of rotatable bonds is 6. The van der Waals surface area contributed by atoms with Crippen LogP contribution in [0.4, 0.5) is 20.6 Å². The largest absolute Gasteiger partial charge is 0.477 e. The lowest BCUT2D eigenvalue weighted by molar-refractivity contribution is -0.119. The van der Waals surface area contributed by atoms with Gasteiger partial charge in [-0.15, -0.1) is 0 Å². The highest BCUT2D eigenvalue weighted by molar-refractivity contribution is 6.30. The Labute approximate surface area is 203 Å². The maximum atomic E-state index is 14.8. The number of benzene rings is 2. The SMILES string of the molecule is COC1CC(C(=O)Nc2ccc(-c3nocc3C(=O)O)cc2F)N(C(=O)Nc2ccc(Cl)cc2)C1. The number of hydrogen-bond donors (Lipinski definition) is 3. The summed E-state index contributed by atoms with van der Waals surface area (Å²) in [6.07, 6.45) is 0.786. The lowest BCUT2D eigenvalue weighted by Crippen LogP contribution is -2.45. The van der Waals surface area contributed by atoms with Gasteiger partial charge >= 0.3 is 12.0 Å². The first-order valence-electron chi connectivity index (χ1n) is 10.4. The number of urea groups is 1. The van der Waals surface area contributed by atoms with Gasteiger partial charge in [-0.05, 0) is 36.4 Å². The Morgan fingerprint density at radius 1 is 1.20 bits per heavy atom. The lowest BCUT2D eigenvalue weighted by atomic mass is 10.1. The number of hydrogen-bond acceptors (Lipinski definition) is 6. The van der Waals surface area contributed by atoms with Crippen LogP contribution in [0, 0.1) is 5.82 Å². The molecule has 1 saturated heterocycles. The molecule has 182 valence electrons. The fraction of sp³-hybridized carbons (Fsp3) is 0.217. The molecule has 1 aromatic heterocycles. The zero-order valence-corrected chi connectivity index (χ0v) is 19.1. The van der Waals surface area contributed by atoms with Gasteiger partial charge in [-0.25, -0.2) is 14.0 Å². The maximum absolute atomic E-state index is 14.8. The molecule has 0 aliphatic carbocycles. The van der Waals surface area contributed by atoms with Crippen LogP contribution in [0.1, 0.15) is 16.8 Å². The molecule has 4 rings (SSSR count). The van der Waals surface area contributed by atoms with Crippen molar-refractivity contribution in [1.29, 1.82) is 0 Å². The van der Waals surface area contributed by atoms with Gasteiger partial charge in [0, 0.05) is 36.3 Å². The number of methoxy groups -OCH3 is 1. The van der Waals surface area contributed by atoms with Gasteiger partial charge in [0.05, 0.1) is 11.8 Å². The van der Waals surface area contributed by atoms with Crippen LogP contribution in [0.5, 0.6) is 0 Å². The second-order valence-electron chi connectivity index (χ2n) is 7.76. The van der Waals surface area contributed by atoms with E-state index in [9.17, 15) is 23.9 Å². The molecule has 1 aliphatic rings. The van der Waals surface area contributed by atoms with E-state index in [1.54, 1.807) is 24.3 Å². The van der Waals surface area contributed by atoms with Crippen molar-refractivity contribution in [1.82, 2.24) is 10.1 Å². The van der Waals surface area contributed by atoms with Gasteiger partial charge in [0.15, 0.2) is 0 Å². The molecule has 12 heteroatoms. The minimum Gasteiger partial charge on any atom is -0.477 e. The van der Waals surface area contributed by atoms with Gasteiger partial charge in [-0.2, -0.15) is 0 Å². The predicted molar refractivity (Wildman–Crippen MR) is 124 cm³/mol. The van der Waals surface area contributed by atoms with Gasteiger partial charge in [-0.3, -0.25) is 4.79 Å². The summed E-state index contributed by atoms with van der Waals surface area (Å²) in [7, 11) is 1.48. The molecule has 2 aromatic carbocycles. The second kappa shape index (κ2) is 10.1. The highest BCUT2D eigenvalue weighted by atomic mass is 35.5. The molecular formula is C23H20ClFN4O6. The van der Waals surface area contributed by atoms with Crippen LogP contribution >= 0.6 is 11.6 Å². The fourth-order valence-corrected chi connectivity index (χ4v) is 3.87. The number of carboxylic acids is 1. The van der Waals surface area contributed by atoms with Crippen LogP contribution in [0.2, 0.25) is 5.02 Å². The van der Waals surface area contributed by atoms with E-state index in [1.807, 2.05) is 0 Å². The average Bonchev–Trinajstić information content (AvgIpc) is 3.49. The Bertz CT molecular complexity index is 1270. The van der Waals surface area contributed by atoms with Crippen molar-refractivity contribution in [3.63, 3.8) is 0 Å². The molecule has 3 amide bonds. The van der Waals surface area contributed by atoms with E-state index in [-0.39, 0.29) is 41.6 Å². The molecule has 0 radical (unpaired) electrons. The van der Waals surface area contributed by atoms with Crippen molar-refractivity contribution < 1.29 is 33.1 Å². The standard InChI is InChI=1S/C23H20ClFN4O6/c1-34-15-9-19(29(10-15)23(33)26-14-5-3-13(24)4-6-14)21(30)27-18-7-2-12(8-17(18)25)20-16(22(31)32)11-35-28-20/h2-8,11,15,19H,9-10H2,1H3,(H,26,33)(H,27,30)(H,31,32). The van der Waals surface area contributed by atoms with Crippen LogP contribution in [-0.4, -0.2) is 58.9 Å². The number of nitrogens with one attached hydrogen (secondary N) is 2. The van der Waals surface area contributed by atoms with Gasteiger partial charge < -0.3 is 29.9 Å². The van der Waals surface area contributed by atoms with E-state index >= 15 is 0 Å². The van der Waals surface area contributed by atoms with Crippen molar-refractivity contribution in [3.8, 4) is 11.3 Å². The fourth-order valence-electron chi connectivity index (χ4n) is 3.75. The molecule has 2 unspecified atom stereocenters. The predicted octanol–water partition coefficient (Wildman–Crippen LogP) is 4.09. The van der Waals surface area contributed by atoms with Crippen LogP contribution in [0.15, 0.2) is 53.3 Å². The second-order valence-corrected chi connectivity index (χ2v) is 8.20. The van der Waals surface area contributed by atoms with Gasteiger partial charge in [0.2, 0.25) is 5.91 Å². The van der Waals surface area contributed by atoms with Gasteiger partial charge in [-0.1, -0.05) is 22.8 Å². The molecule has 2 heterocycles. The van der Waals surface area contributed by atoms with Crippen molar-refractivity contribution in [2.45, 2.75) is 18.6 Å². The summed E-state index contributed by atoms with van der Waals surface area (Å²) in [5.41, 5.74) is 0.252. The van der Waals surface area contributed by atoms with Crippen molar-refractivity contribution >= 4 is 40.9 Å². The molecule has 0 saturated carbocycles. The topological polar surface area (TPSA) is 134 Å². The Morgan fingerprint density at radius 2 is 1.94 bits per heavy atom. The Hall–Kier alpha value is -3.96. The Morgan fingerprint density at radius 3 is 2.60 bits per heavy atom. The Balaban J connectivity index is 1.50. The highest BCUT2D eigenvalue weighted by Crippen LogP contribution is 2.28. The first kappa shape index (κ1) is 24.2. The molecule has 1 aliphatic heterocycles. The molecule has 35 heavy (non-hydrogen) atoms. The number of aromatic nitrogens is 1. The lowest BCUT2D eigenvalue weighted by Gasteiger charge is -2.24. The number of anilines is 2. The Kier molecular flexibility index (Phi) is 6.99. The molecule has 3 aromatic rings. The van der Waals surface area contributed by atoms with Crippen LogP contribution in [-0.2, 0) is 9.53 Å². The highest BCUT2D eigenvalue weighted by Gasteiger charge is 2.40. The summed E-state index contributed by atoms with van der Waals surface area (Å²) < 4.78 is 24.8. The van der Waals surface area contributed by atoms with E-state index in [4.69, 9.17) is 16.3 Å². The first-order valence-corrected chi connectivity index (χ1v) is 10.8. The molecule has 3 N–H and O–H groups in total. The smallest absolute Gasteiger partial charge is 0.341 e. The minimum atomic E-state index is -1.27. The molecular weight excluding hydrogens is 483 g/mol. The van der Waals surface area contributed by atoms with E-state index in [2.05, 4.69) is 20.3 Å². The number of carbonyl (C=O) groups excluding carboxylic acids is 2. The number of ether oxygens (including phenoxy) is 1. The zero-order chi connectivity index (χ0) is 25.1. The number of carboxylic acid groups (broad SMARTS) is 1. The van der Waals surface area contributed by atoms with E-state index in [1.165, 1.54) is 24.1 Å². The summed E-state index contributed by atoms with van der Waals surface area (Å²) in [6, 6.07) is 8.78. The molecule has 2 atom stereocenters. The molecule has 0 bridgehead atoms. The summed E-state index contributed by atoms with van der Waals surface area (Å²) in [6.45, 7) is 0.166. The van der Waals surface area contributed by atoms with Crippen LogP contribution < -0.4 is 10.6 Å². The van der Waals surface area contributed by atoms with Crippen molar-refractivity contribution in [3.05, 3.63) is 65.1 Å². The monoisotopic (exact) mass is 502 g/mol. The summed E-state index contributed by atoms with van der Waals surface area (Å²) >= 11 is 5.87. The van der Waals surface area contributed by atoms with Gasteiger partial charge in [0.1, 0.15) is 29.4 Å². The average molecular weight is 503 g/mol. The molecule has 1 fully saturated rings. The number of nitrogens with zero attached hydrogens (tertiary/aromatic N) is 2. The van der Waals surface area contributed by atoms with E-state index in [0.29, 0.717) is 10.7 Å². The van der Waals surface area contributed by atoms with E-state index < -0.39 is 29.8 Å². The van der Waals surface area contributed by atoms with Crippen LogP contribution in [0.3, 0.4) is 0 Å².